The quantitative estimate of drug-likeness (QED) is 0.630. The summed E-state index contributed by atoms with van der Waals surface area (Å²) in [5, 5.41) is 12.0. The molecule has 0 saturated heterocycles. The Kier molecular flexibility index (Phi) is 5.77. The van der Waals surface area contributed by atoms with Crippen LogP contribution >= 0.6 is 0 Å². The maximum absolute atomic E-state index is 12.5. The van der Waals surface area contributed by atoms with Crippen LogP contribution in [0.5, 0.6) is 5.75 Å². The second kappa shape index (κ2) is 8.41. The number of nitrogens with one attached hydrogen (secondary N) is 2. The molecule has 3 aromatic rings. The number of aromatic nitrogens is 1. The third-order valence-corrected chi connectivity index (χ3v) is 5.12. The van der Waals surface area contributed by atoms with Crippen molar-refractivity contribution in [1.29, 1.82) is 5.26 Å². The van der Waals surface area contributed by atoms with Gasteiger partial charge in [-0.15, -0.1) is 0 Å². The zero-order valence-electron chi connectivity index (χ0n) is 15.1. The normalized spacial score (nSPS) is 10.7. The molecule has 0 unspecified atom stereocenters. The fourth-order valence-electron chi connectivity index (χ4n) is 2.40. The first kappa shape index (κ1) is 19.2. The molecule has 0 saturated carbocycles. The Morgan fingerprint density at radius 3 is 2.25 bits per heavy atom. The van der Waals surface area contributed by atoms with E-state index >= 15 is 0 Å². The number of nitriles is 1. The zero-order chi connectivity index (χ0) is 20.0. The molecule has 8 heteroatoms. The number of ether oxygens (including phenoxy) is 1. The molecule has 2 aromatic carbocycles. The van der Waals surface area contributed by atoms with Gasteiger partial charge in [0.25, 0.3) is 10.0 Å². The van der Waals surface area contributed by atoms with E-state index in [4.69, 9.17) is 10.00 Å². The van der Waals surface area contributed by atoms with E-state index in [0.29, 0.717) is 23.6 Å². The summed E-state index contributed by atoms with van der Waals surface area (Å²) >= 11 is 0. The third-order valence-electron chi connectivity index (χ3n) is 3.75. The van der Waals surface area contributed by atoms with E-state index < -0.39 is 10.0 Å². The van der Waals surface area contributed by atoms with Gasteiger partial charge in [-0.3, -0.25) is 4.72 Å². The van der Waals surface area contributed by atoms with Crippen molar-refractivity contribution in [2.45, 2.75) is 11.8 Å². The number of benzene rings is 2. The van der Waals surface area contributed by atoms with Crippen LogP contribution in [0, 0.1) is 11.3 Å². The first-order valence-electron chi connectivity index (χ1n) is 8.49. The molecule has 0 aliphatic carbocycles. The van der Waals surface area contributed by atoms with Gasteiger partial charge in [0.15, 0.2) is 0 Å². The number of sulfonamides is 1. The van der Waals surface area contributed by atoms with Crippen molar-refractivity contribution in [2.24, 2.45) is 0 Å². The molecular weight excluding hydrogens is 376 g/mol. The van der Waals surface area contributed by atoms with Crippen LogP contribution in [0.2, 0.25) is 0 Å². The highest BCUT2D eigenvalue weighted by Crippen LogP contribution is 2.21. The SMILES string of the molecule is CCOc1ccc(S(=O)(=O)Nc2ccc(Nc3ccc(C#N)cc3)cn2)cc1. The molecule has 0 bridgehead atoms. The van der Waals surface area contributed by atoms with Crippen molar-refractivity contribution in [3.63, 3.8) is 0 Å². The molecule has 0 spiro atoms. The largest absolute Gasteiger partial charge is 0.494 e. The number of rotatable bonds is 7. The van der Waals surface area contributed by atoms with Crippen molar-refractivity contribution in [2.75, 3.05) is 16.6 Å². The van der Waals surface area contributed by atoms with E-state index in [1.807, 2.05) is 6.92 Å². The standard InChI is InChI=1S/C20H18N4O3S/c1-2-27-18-8-10-19(11-9-18)28(25,26)24-20-12-7-17(14-22-20)23-16-5-3-15(13-21)4-6-16/h3-12,14,23H,2H2,1H3,(H,22,24). The minimum Gasteiger partial charge on any atom is -0.494 e. The summed E-state index contributed by atoms with van der Waals surface area (Å²) in [6.07, 6.45) is 1.52. The molecule has 0 aliphatic heterocycles. The van der Waals surface area contributed by atoms with Crippen LogP contribution in [0.25, 0.3) is 0 Å². The predicted molar refractivity (Wildman–Crippen MR) is 107 cm³/mol. The molecule has 0 radical (unpaired) electrons. The Morgan fingerprint density at radius 1 is 1.00 bits per heavy atom. The lowest BCUT2D eigenvalue weighted by molar-refractivity contribution is 0.340. The van der Waals surface area contributed by atoms with Crippen LogP contribution in [-0.4, -0.2) is 20.0 Å². The van der Waals surface area contributed by atoms with Gasteiger partial charge < -0.3 is 10.1 Å². The molecule has 0 fully saturated rings. The molecule has 3 rings (SSSR count). The topological polar surface area (TPSA) is 104 Å². The summed E-state index contributed by atoms with van der Waals surface area (Å²) in [4.78, 5) is 4.26. The minimum atomic E-state index is -3.74. The third kappa shape index (κ3) is 4.78. The number of hydrogen-bond acceptors (Lipinski definition) is 6. The van der Waals surface area contributed by atoms with Crippen molar-refractivity contribution in [1.82, 2.24) is 4.98 Å². The van der Waals surface area contributed by atoms with Gasteiger partial charge in [0, 0.05) is 5.69 Å². The first-order valence-corrected chi connectivity index (χ1v) is 9.97. The Labute approximate surface area is 163 Å². The van der Waals surface area contributed by atoms with E-state index in [1.54, 1.807) is 48.5 Å². The molecule has 28 heavy (non-hydrogen) atoms. The van der Waals surface area contributed by atoms with Gasteiger partial charge >= 0.3 is 0 Å². The van der Waals surface area contributed by atoms with Crippen LogP contribution < -0.4 is 14.8 Å². The summed E-state index contributed by atoms with van der Waals surface area (Å²) in [6.45, 7) is 2.37. The summed E-state index contributed by atoms with van der Waals surface area (Å²) < 4.78 is 32.7. The van der Waals surface area contributed by atoms with Crippen molar-refractivity contribution < 1.29 is 13.2 Å². The summed E-state index contributed by atoms with van der Waals surface area (Å²) in [7, 11) is -3.74. The molecule has 0 atom stereocenters. The lowest BCUT2D eigenvalue weighted by Gasteiger charge is -2.10. The smallest absolute Gasteiger partial charge is 0.263 e. The van der Waals surface area contributed by atoms with Crippen LogP contribution in [0.4, 0.5) is 17.2 Å². The molecule has 2 N–H and O–H groups in total. The van der Waals surface area contributed by atoms with Gasteiger partial charge in [-0.1, -0.05) is 0 Å². The highest BCUT2D eigenvalue weighted by molar-refractivity contribution is 7.92. The second-order valence-corrected chi connectivity index (χ2v) is 7.44. The van der Waals surface area contributed by atoms with Crippen LogP contribution in [0.3, 0.4) is 0 Å². The van der Waals surface area contributed by atoms with E-state index in [0.717, 1.165) is 5.69 Å². The average Bonchev–Trinajstić information content (AvgIpc) is 2.70. The molecule has 0 amide bonds. The Balaban J connectivity index is 1.68. The lowest BCUT2D eigenvalue weighted by Crippen LogP contribution is -2.13. The molecular formula is C20H18N4O3S. The molecule has 142 valence electrons. The van der Waals surface area contributed by atoms with Crippen LogP contribution in [0.1, 0.15) is 12.5 Å². The molecule has 7 nitrogen and oxygen atoms in total. The predicted octanol–water partition coefficient (Wildman–Crippen LogP) is 3.90. The fourth-order valence-corrected chi connectivity index (χ4v) is 3.41. The second-order valence-electron chi connectivity index (χ2n) is 5.76. The number of anilines is 3. The monoisotopic (exact) mass is 394 g/mol. The van der Waals surface area contributed by atoms with Gasteiger partial charge in [-0.05, 0) is 67.6 Å². The van der Waals surface area contributed by atoms with Gasteiger partial charge in [0.2, 0.25) is 0 Å². The van der Waals surface area contributed by atoms with Crippen molar-refractivity contribution in [3.05, 3.63) is 72.4 Å². The summed E-state index contributed by atoms with van der Waals surface area (Å²) in [5.74, 6) is 0.817. The van der Waals surface area contributed by atoms with E-state index in [1.165, 1.54) is 18.3 Å². The van der Waals surface area contributed by atoms with Crippen LogP contribution in [-0.2, 0) is 10.0 Å². The molecule has 1 heterocycles. The first-order chi connectivity index (χ1) is 13.5. The van der Waals surface area contributed by atoms with Gasteiger partial charge in [-0.25, -0.2) is 13.4 Å². The fraction of sp³-hybridized carbons (Fsp3) is 0.100. The highest BCUT2D eigenvalue weighted by atomic mass is 32.2. The Morgan fingerprint density at radius 2 is 1.68 bits per heavy atom. The summed E-state index contributed by atoms with van der Waals surface area (Å²) in [6, 6.07) is 18.5. The zero-order valence-corrected chi connectivity index (χ0v) is 15.9. The number of hydrogen-bond donors (Lipinski definition) is 2. The van der Waals surface area contributed by atoms with Gasteiger partial charge in [0.1, 0.15) is 11.6 Å². The number of nitrogens with zero attached hydrogens (tertiary/aromatic N) is 2. The van der Waals surface area contributed by atoms with E-state index in [9.17, 15) is 8.42 Å². The molecule has 0 aliphatic rings. The van der Waals surface area contributed by atoms with E-state index in [2.05, 4.69) is 21.1 Å². The highest BCUT2D eigenvalue weighted by Gasteiger charge is 2.15. The maximum Gasteiger partial charge on any atom is 0.263 e. The Bertz CT molecular complexity index is 1070. The average molecular weight is 394 g/mol. The number of pyridine rings is 1. The summed E-state index contributed by atoms with van der Waals surface area (Å²) in [5.41, 5.74) is 2.06. The van der Waals surface area contributed by atoms with Crippen LogP contribution in [0.15, 0.2) is 71.8 Å². The maximum atomic E-state index is 12.5. The van der Waals surface area contributed by atoms with Crippen molar-refractivity contribution >= 4 is 27.2 Å². The van der Waals surface area contributed by atoms with Gasteiger partial charge in [-0.2, -0.15) is 5.26 Å². The van der Waals surface area contributed by atoms with Crippen molar-refractivity contribution in [3.8, 4) is 11.8 Å². The Hall–Kier alpha value is -3.57. The molecule has 1 aromatic heterocycles. The lowest BCUT2D eigenvalue weighted by atomic mass is 10.2. The van der Waals surface area contributed by atoms with Gasteiger partial charge in [0.05, 0.1) is 35.0 Å². The minimum absolute atomic E-state index is 0.123. The van der Waals surface area contributed by atoms with E-state index in [-0.39, 0.29) is 10.7 Å².